The van der Waals surface area contributed by atoms with Gasteiger partial charge < -0.3 is 14.6 Å². The van der Waals surface area contributed by atoms with Gasteiger partial charge in [0.05, 0.1) is 7.11 Å². The largest absolute Gasteiger partial charge is 0.504 e. The van der Waals surface area contributed by atoms with E-state index in [1.165, 1.54) is 14.0 Å². The Morgan fingerprint density at radius 1 is 1.10 bits per heavy atom. The summed E-state index contributed by atoms with van der Waals surface area (Å²) in [6.07, 6.45) is 0. The second-order valence-electron chi connectivity index (χ2n) is 5.98. The minimum atomic E-state index is -0.404. The zero-order valence-electron chi connectivity index (χ0n) is 13.0. The van der Waals surface area contributed by atoms with Crippen LogP contribution in [-0.2, 0) is 10.2 Å². The number of hydrogen-bond donors (Lipinski definition) is 1. The number of phenols is 1. The minimum Gasteiger partial charge on any atom is -0.504 e. The predicted octanol–water partition coefficient (Wildman–Crippen LogP) is 3.78. The number of esters is 1. The van der Waals surface area contributed by atoms with E-state index in [1.54, 1.807) is 6.07 Å². The van der Waals surface area contributed by atoms with Gasteiger partial charge in [0, 0.05) is 23.3 Å². The van der Waals surface area contributed by atoms with Gasteiger partial charge in [-0.05, 0) is 5.41 Å². The molecule has 4 heteroatoms. The van der Waals surface area contributed by atoms with Crippen LogP contribution >= 0.6 is 0 Å². The summed E-state index contributed by atoms with van der Waals surface area (Å²) in [6.45, 7) is 7.30. The zero-order chi connectivity index (χ0) is 15.8. The lowest BCUT2D eigenvalue weighted by Crippen LogP contribution is -2.17. The van der Waals surface area contributed by atoms with Crippen LogP contribution in [0.5, 0.6) is 17.2 Å². The summed E-state index contributed by atoms with van der Waals surface area (Å²) >= 11 is 0. The van der Waals surface area contributed by atoms with Crippen LogP contribution in [-0.4, -0.2) is 18.2 Å². The van der Waals surface area contributed by atoms with E-state index in [-0.39, 0.29) is 11.2 Å². The van der Waals surface area contributed by atoms with Crippen LogP contribution in [0.15, 0.2) is 24.3 Å². The third-order valence-corrected chi connectivity index (χ3v) is 3.30. The summed E-state index contributed by atoms with van der Waals surface area (Å²) in [5.74, 6) is 0.449. The molecular weight excluding hydrogens is 268 g/mol. The summed E-state index contributed by atoms with van der Waals surface area (Å²) in [7, 11) is 1.50. The van der Waals surface area contributed by atoms with Gasteiger partial charge in [0.25, 0.3) is 0 Å². The Kier molecular flexibility index (Phi) is 3.81. The molecule has 0 bridgehead atoms. The molecule has 0 amide bonds. The van der Waals surface area contributed by atoms with Gasteiger partial charge in [0.15, 0.2) is 11.5 Å². The Hall–Kier alpha value is -2.23. The Morgan fingerprint density at radius 3 is 2.14 bits per heavy atom. The first kappa shape index (κ1) is 15.2. The van der Waals surface area contributed by atoms with Crippen molar-refractivity contribution < 1.29 is 19.4 Å². The van der Waals surface area contributed by atoms with Gasteiger partial charge in [-0.3, -0.25) is 4.79 Å². The summed E-state index contributed by atoms with van der Waals surface area (Å²) in [4.78, 5) is 11.5. The average molecular weight is 288 g/mol. The number of carbonyl (C=O) groups excluding carboxylic acids is 1. The Bertz CT molecular complexity index is 696. The molecule has 4 nitrogen and oxygen atoms in total. The lowest BCUT2D eigenvalue weighted by Gasteiger charge is -2.26. The van der Waals surface area contributed by atoms with Gasteiger partial charge in [-0.25, -0.2) is 0 Å². The van der Waals surface area contributed by atoms with Gasteiger partial charge in [0.1, 0.15) is 5.75 Å². The van der Waals surface area contributed by atoms with E-state index >= 15 is 0 Å². The third-order valence-electron chi connectivity index (χ3n) is 3.30. The molecule has 0 aliphatic rings. The molecule has 0 fully saturated rings. The van der Waals surface area contributed by atoms with E-state index in [0.717, 1.165) is 0 Å². The van der Waals surface area contributed by atoms with Crippen molar-refractivity contribution >= 4 is 16.7 Å². The van der Waals surface area contributed by atoms with Gasteiger partial charge in [0.2, 0.25) is 0 Å². The smallest absolute Gasteiger partial charge is 0.308 e. The number of benzene rings is 2. The number of aromatic hydroxyl groups is 1. The van der Waals surface area contributed by atoms with E-state index in [4.69, 9.17) is 9.47 Å². The monoisotopic (exact) mass is 288 g/mol. The van der Waals surface area contributed by atoms with Crippen LogP contribution in [0.2, 0.25) is 0 Å². The highest BCUT2D eigenvalue weighted by atomic mass is 16.5. The molecule has 0 atom stereocenters. The second kappa shape index (κ2) is 5.28. The van der Waals surface area contributed by atoms with Gasteiger partial charge in [-0.15, -0.1) is 0 Å². The highest BCUT2D eigenvalue weighted by molar-refractivity contribution is 5.98. The Labute approximate surface area is 124 Å². The minimum absolute atomic E-state index is 0.0638. The van der Waals surface area contributed by atoms with Crippen LogP contribution in [0.1, 0.15) is 33.3 Å². The summed E-state index contributed by atoms with van der Waals surface area (Å²) < 4.78 is 10.8. The van der Waals surface area contributed by atoms with E-state index in [9.17, 15) is 9.90 Å². The normalized spacial score (nSPS) is 11.5. The second-order valence-corrected chi connectivity index (χ2v) is 5.98. The molecule has 112 valence electrons. The van der Waals surface area contributed by atoms with Crippen molar-refractivity contribution in [2.75, 3.05) is 7.11 Å². The molecule has 21 heavy (non-hydrogen) atoms. The van der Waals surface area contributed by atoms with E-state index in [1.807, 2.05) is 39.0 Å². The van der Waals surface area contributed by atoms with Crippen molar-refractivity contribution in [2.45, 2.75) is 33.1 Å². The zero-order valence-corrected chi connectivity index (χ0v) is 13.0. The van der Waals surface area contributed by atoms with Gasteiger partial charge in [-0.2, -0.15) is 0 Å². The Balaban J connectivity index is 2.98. The predicted molar refractivity (Wildman–Crippen MR) is 82.2 cm³/mol. The molecule has 0 heterocycles. The maximum absolute atomic E-state index is 11.5. The first-order valence-electron chi connectivity index (χ1n) is 6.78. The Morgan fingerprint density at radius 2 is 1.67 bits per heavy atom. The first-order valence-corrected chi connectivity index (χ1v) is 6.78. The molecule has 0 radical (unpaired) electrons. The molecule has 0 unspecified atom stereocenters. The molecule has 2 rings (SSSR count). The third kappa shape index (κ3) is 2.66. The fourth-order valence-corrected chi connectivity index (χ4v) is 2.50. The van der Waals surface area contributed by atoms with Crippen LogP contribution in [0.4, 0.5) is 0 Å². The SMILES string of the molecule is COc1c(C(C)(C)C)c(OC(C)=O)c2ccccc2c1O. The molecule has 0 aliphatic carbocycles. The molecule has 0 aromatic heterocycles. The molecule has 0 saturated carbocycles. The van der Waals surface area contributed by atoms with Crippen LogP contribution in [0.3, 0.4) is 0 Å². The molecule has 2 aromatic carbocycles. The maximum Gasteiger partial charge on any atom is 0.308 e. The average Bonchev–Trinajstić information content (AvgIpc) is 2.39. The number of phenolic OH excluding ortho intramolecular Hbond substituents is 1. The standard InChI is InChI=1S/C17H20O4/c1-10(18)21-15-12-9-7-6-8-11(12)14(19)16(20-5)13(15)17(2,3)4/h6-9,19H,1-5H3. The first-order chi connectivity index (χ1) is 9.77. The quantitative estimate of drug-likeness (QED) is 0.675. The van der Waals surface area contributed by atoms with E-state index in [2.05, 4.69) is 0 Å². The highest BCUT2D eigenvalue weighted by Crippen LogP contribution is 2.49. The summed E-state index contributed by atoms with van der Waals surface area (Å²) in [5.41, 5.74) is 0.314. The molecule has 0 spiro atoms. The number of rotatable bonds is 2. The number of ether oxygens (including phenoxy) is 2. The van der Waals surface area contributed by atoms with E-state index in [0.29, 0.717) is 27.8 Å². The van der Waals surface area contributed by atoms with Gasteiger partial charge in [-0.1, -0.05) is 45.0 Å². The van der Waals surface area contributed by atoms with Gasteiger partial charge >= 0.3 is 5.97 Å². The number of methoxy groups -OCH3 is 1. The lowest BCUT2D eigenvalue weighted by atomic mass is 9.83. The van der Waals surface area contributed by atoms with Crippen LogP contribution in [0.25, 0.3) is 10.8 Å². The fraction of sp³-hybridized carbons (Fsp3) is 0.353. The molecule has 0 saturated heterocycles. The molecular formula is C17H20O4. The van der Waals surface area contributed by atoms with E-state index < -0.39 is 5.97 Å². The van der Waals surface area contributed by atoms with Crippen molar-refractivity contribution in [1.82, 2.24) is 0 Å². The van der Waals surface area contributed by atoms with Crippen molar-refractivity contribution in [3.8, 4) is 17.2 Å². The van der Waals surface area contributed by atoms with Crippen LogP contribution < -0.4 is 9.47 Å². The lowest BCUT2D eigenvalue weighted by molar-refractivity contribution is -0.131. The maximum atomic E-state index is 11.5. The van der Waals surface area contributed by atoms with Crippen molar-refractivity contribution in [2.24, 2.45) is 0 Å². The molecule has 1 N–H and O–H groups in total. The summed E-state index contributed by atoms with van der Waals surface area (Å²) in [5, 5.41) is 11.8. The van der Waals surface area contributed by atoms with Crippen molar-refractivity contribution in [3.63, 3.8) is 0 Å². The number of fused-ring (bicyclic) bond motifs is 1. The van der Waals surface area contributed by atoms with Crippen LogP contribution in [0, 0.1) is 0 Å². The van der Waals surface area contributed by atoms with Crippen molar-refractivity contribution in [1.29, 1.82) is 0 Å². The molecule has 2 aromatic rings. The topological polar surface area (TPSA) is 55.8 Å². The molecule has 0 aliphatic heterocycles. The number of carbonyl (C=O) groups is 1. The fourth-order valence-electron chi connectivity index (χ4n) is 2.50. The van der Waals surface area contributed by atoms with Crippen molar-refractivity contribution in [3.05, 3.63) is 29.8 Å². The number of hydrogen-bond acceptors (Lipinski definition) is 4. The highest BCUT2D eigenvalue weighted by Gasteiger charge is 2.30. The summed E-state index contributed by atoms with van der Waals surface area (Å²) in [6, 6.07) is 7.25.